The normalized spacial score (nSPS) is 16.4. The first-order chi connectivity index (χ1) is 7.77. The van der Waals surface area contributed by atoms with E-state index in [1.165, 1.54) is 0 Å². The van der Waals surface area contributed by atoms with Crippen molar-refractivity contribution in [2.45, 2.75) is 14.7 Å². The van der Waals surface area contributed by atoms with E-state index in [9.17, 15) is 22.8 Å². The average molecular weight is 302 g/mol. The van der Waals surface area contributed by atoms with Gasteiger partial charge >= 0.3 is 0 Å². The fraction of sp³-hybridized carbons (Fsp3) is 0. The molecule has 0 saturated heterocycles. The predicted molar refractivity (Wildman–Crippen MR) is 56.9 cm³/mol. The van der Waals surface area contributed by atoms with Crippen LogP contribution in [0.1, 0.15) is 0 Å². The highest BCUT2D eigenvalue weighted by molar-refractivity contribution is 7.81. The lowest BCUT2D eigenvalue weighted by atomic mass is 10.3. The van der Waals surface area contributed by atoms with Gasteiger partial charge in [0.05, 0.1) is 0 Å². The van der Waals surface area contributed by atoms with Crippen LogP contribution in [0.5, 0.6) is 11.5 Å². The molecule has 0 aliphatic rings. The molecule has 3 atom stereocenters. The summed E-state index contributed by atoms with van der Waals surface area (Å²) < 4.78 is 58.7. The third-order valence-electron chi connectivity index (χ3n) is 1.71. The van der Waals surface area contributed by atoms with Crippen molar-refractivity contribution in [1.82, 2.24) is 0 Å². The minimum Gasteiger partial charge on any atom is -0.505 e. The van der Waals surface area contributed by atoms with E-state index in [0.717, 1.165) is 0 Å². The van der Waals surface area contributed by atoms with E-state index in [-0.39, 0.29) is 0 Å². The van der Waals surface area contributed by atoms with Crippen LogP contribution in [0.4, 0.5) is 0 Å². The van der Waals surface area contributed by atoms with Gasteiger partial charge in [0.2, 0.25) is 0 Å². The molecule has 0 heterocycles. The summed E-state index contributed by atoms with van der Waals surface area (Å²) in [6.45, 7) is 0. The lowest BCUT2D eigenvalue weighted by Gasteiger charge is -2.09. The smallest absolute Gasteiger partial charge is 0.194 e. The Morgan fingerprint density at radius 2 is 1.12 bits per heavy atom. The highest BCUT2D eigenvalue weighted by Crippen LogP contribution is 2.38. The Hall–Kier alpha value is -0.850. The summed E-state index contributed by atoms with van der Waals surface area (Å²) in [4.78, 5) is -2.50. The maximum Gasteiger partial charge on any atom is 0.194 e. The number of hydrogen-bond acceptors (Lipinski definition) is 5. The number of hydrogen-bond donors (Lipinski definition) is 5. The van der Waals surface area contributed by atoms with E-state index in [1.54, 1.807) is 0 Å². The number of phenolic OH excluding ortho intramolecular Hbond substituents is 2. The molecule has 0 spiro atoms. The number of phenols is 2. The molecular weight excluding hydrogens is 296 g/mol. The van der Waals surface area contributed by atoms with Gasteiger partial charge in [0.25, 0.3) is 0 Å². The summed E-state index contributed by atoms with van der Waals surface area (Å²) in [5.74, 6) is -2.17. The fourth-order valence-corrected chi connectivity index (χ4v) is 2.75. The number of rotatable bonds is 3. The van der Waals surface area contributed by atoms with E-state index in [0.29, 0.717) is 6.07 Å². The van der Waals surface area contributed by atoms with Crippen LogP contribution in [0.3, 0.4) is 0 Å². The minimum absolute atomic E-state index is 0.591. The molecule has 0 amide bonds. The Labute approximate surface area is 102 Å². The zero-order valence-corrected chi connectivity index (χ0v) is 10.2. The molecule has 0 saturated carbocycles. The van der Waals surface area contributed by atoms with E-state index < -0.39 is 59.4 Å². The van der Waals surface area contributed by atoms with Gasteiger partial charge in [0.1, 0.15) is 9.79 Å². The van der Waals surface area contributed by atoms with Crippen molar-refractivity contribution in [1.29, 1.82) is 0 Å². The molecule has 96 valence electrons. The molecule has 0 aromatic heterocycles. The van der Waals surface area contributed by atoms with Crippen LogP contribution in [-0.2, 0) is 33.2 Å². The molecule has 17 heavy (non-hydrogen) atoms. The van der Waals surface area contributed by atoms with Crippen molar-refractivity contribution in [2.75, 3.05) is 0 Å². The van der Waals surface area contributed by atoms with Gasteiger partial charge in [-0.15, -0.1) is 0 Å². The molecule has 0 radical (unpaired) electrons. The second kappa shape index (κ2) is 5.20. The van der Waals surface area contributed by atoms with Gasteiger partial charge in [-0.1, -0.05) is 0 Å². The van der Waals surface area contributed by atoms with Gasteiger partial charge in [-0.25, -0.2) is 12.6 Å². The SMILES string of the molecule is O=S(O)c1cc(S(=O)O)c(O)c(S(=O)O)c1O. The van der Waals surface area contributed by atoms with E-state index in [4.69, 9.17) is 13.7 Å². The molecule has 5 N–H and O–H groups in total. The third-order valence-corrected chi connectivity index (χ3v) is 3.82. The molecule has 0 fully saturated rings. The van der Waals surface area contributed by atoms with Crippen molar-refractivity contribution in [3.63, 3.8) is 0 Å². The zero-order valence-electron chi connectivity index (χ0n) is 7.76. The van der Waals surface area contributed by atoms with Crippen molar-refractivity contribution in [3.8, 4) is 11.5 Å². The van der Waals surface area contributed by atoms with Gasteiger partial charge in [0.15, 0.2) is 49.6 Å². The Morgan fingerprint density at radius 3 is 1.35 bits per heavy atom. The van der Waals surface area contributed by atoms with Crippen LogP contribution < -0.4 is 0 Å². The van der Waals surface area contributed by atoms with Crippen LogP contribution in [0.15, 0.2) is 20.8 Å². The van der Waals surface area contributed by atoms with Crippen LogP contribution >= 0.6 is 0 Å². The summed E-state index contributed by atoms with van der Waals surface area (Å²) in [6.07, 6.45) is 0. The Balaban J connectivity index is 3.76. The quantitative estimate of drug-likeness (QED) is 0.483. The van der Waals surface area contributed by atoms with Crippen molar-refractivity contribution >= 4 is 33.2 Å². The standard InChI is InChI=1S/C6H6O8S3/c7-4-2(15(9)10)1-3(16(11)12)5(8)6(4)17(13)14/h1,7-8H,(H,9,10)(H,11,12)(H,13,14). The third kappa shape index (κ3) is 2.70. The molecule has 0 aliphatic heterocycles. The van der Waals surface area contributed by atoms with Gasteiger partial charge in [-0.05, 0) is 6.07 Å². The largest absolute Gasteiger partial charge is 0.505 e. The number of benzene rings is 1. The highest BCUT2D eigenvalue weighted by atomic mass is 32.2. The van der Waals surface area contributed by atoms with Crippen LogP contribution in [0.2, 0.25) is 0 Å². The first-order valence-electron chi connectivity index (χ1n) is 3.68. The van der Waals surface area contributed by atoms with Crippen LogP contribution in [0.25, 0.3) is 0 Å². The number of aromatic hydroxyl groups is 2. The average Bonchev–Trinajstić information content (AvgIpc) is 2.15. The summed E-state index contributed by atoms with van der Waals surface area (Å²) in [7, 11) is 0. The maximum atomic E-state index is 10.8. The highest BCUT2D eigenvalue weighted by Gasteiger charge is 2.25. The summed E-state index contributed by atoms with van der Waals surface area (Å²) in [5, 5.41) is 18.7. The molecule has 8 nitrogen and oxygen atoms in total. The van der Waals surface area contributed by atoms with E-state index in [2.05, 4.69) is 0 Å². The Kier molecular flexibility index (Phi) is 4.35. The van der Waals surface area contributed by atoms with Gasteiger partial charge in [-0.3, -0.25) is 0 Å². The van der Waals surface area contributed by atoms with Gasteiger partial charge in [-0.2, -0.15) is 0 Å². The first kappa shape index (κ1) is 14.2. The van der Waals surface area contributed by atoms with Gasteiger partial charge < -0.3 is 23.9 Å². The maximum absolute atomic E-state index is 10.8. The minimum atomic E-state index is -2.90. The predicted octanol–water partition coefficient (Wildman–Crippen LogP) is -0.160. The van der Waals surface area contributed by atoms with Gasteiger partial charge in [0, 0.05) is 0 Å². The molecule has 11 heteroatoms. The first-order valence-corrected chi connectivity index (χ1v) is 7.00. The van der Waals surface area contributed by atoms with Crippen LogP contribution in [0, 0.1) is 0 Å². The monoisotopic (exact) mass is 302 g/mol. The molecule has 0 bridgehead atoms. The summed E-state index contributed by atoms with van der Waals surface area (Å²) >= 11 is -8.41. The summed E-state index contributed by atoms with van der Waals surface area (Å²) in [6, 6.07) is 0.591. The Bertz CT molecular complexity index is 500. The molecule has 3 unspecified atom stereocenters. The van der Waals surface area contributed by atoms with Crippen molar-refractivity contribution in [2.24, 2.45) is 0 Å². The molecule has 0 aliphatic carbocycles. The van der Waals surface area contributed by atoms with E-state index in [1.807, 2.05) is 0 Å². The summed E-state index contributed by atoms with van der Waals surface area (Å²) in [5.41, 5.74) is 0. The molecule has 1 aromatic carbocycles. The van der Waals surface area contributed by atoms with Crippen molar-refractivity contribution in [3.05, 3.63) is 6.07 Å². The molecule has 1 rings (SSSR count). The zero-order chi connectivity index (χ0) is 13.3. The van der Waals surface area contributed by atoms with Crippen molar-refractivity contribution < 1.29 is 36.5 Å². The fourth-order valence-electron chi connectivity index (χ4n) is 1.02. The molecular formula is C6H6O8S3. The van der Waals surface area contributed by atoms with E-state index >= 15 is 0 Å². The second-order valence-corrected chi connectivity index (χ2v) is 5.43. The molecule has 1 aromatic rings. The lowest BCUT2D eigenvalue weighted by molar-refractivity contribution is 0.399. The lowest BCUT2D eigenvalue weighted by Crippen LogP contribution is -2.01. The topological polar surface area (TPSA) is 152 Å². The Morgan fingerprint density at radius 1 is 0.765 bits per heavy atom. The van der Waals surface area contributed by atoms with Crippen LogP contribution in [-0.4, -0.2) is 36.5 Å². The second-order valence-electron chi connectivity index (χ2n) is 2.65.